The summed E-state index contributed by atoms with van der Waals surface area (Å²) in [4.78, 5) is 4.24. The number of nitrogens with zero attached hydrogens (tertiary/aromatic N) is 4. The van der Waals surface area contributed by atoms with Crippen molar-refractivity contribution in [3.63, 3.8) is 0 Å². The number of rotatable bonds is 2. The first-order valence-electron chi connectivity index (χ1n) is 5.58. The third kappa shape index (κ3) is 2.05. The molecule has 0 bridgehead atoms. The van der Waals surface area contributed by atoms with Crippen LogP contribution >= 0.6 is 0 Å². The SMILES string of the molecule is N#Cc1ccccc1Nc1nc2ccc(O)cn2n1. The summed E-state index contributed by atoms with van der Waals surface area (Å²) in [6.45, 7) is 0. The highest BCUT2D eigenvalue weighted by Gasteiger charge is 2.06. The first-order valence-corrected chi connectivity index (χ1v) is 5.58. The van der Waals surface area contributed by atoms with Crippen LogP contribution < -0.4 is 5.32 Å². The predicted octanol–water partition coefficient (Wildman–Crippen LogP) is 2.05. The molecular weight excluding hydrogens is 242 g/mol. The van der Waals surface area contributed by atoms with Crippen molar-refractivity contribution < 1.29 is 5.11 Å². The van der Waals surface area contributed by atoms with Gasteiger partial charge >= 0.3 is 0 Å². The molecule has 3 aromatic rings. The highest BCUT2D eigenvalue weighted by molar-refractivity contribution is 5.63. The lowest BCUT2D eigenvalue weighted by Gasteiger charge is -2.02. The third-order valence-electron chi connectivity index (χ3n) is 2.61. The van der Waals surface area contributed by atoms with E-state index in [1.165, 1.54) is 16.8 Å². The van der Waals surface area contributed by atoms with Crippen molar-refractivity contribution in [3.05, 3.63) is 48.2 Å². The first-order chi connectivity index (χ1) is 9.26. The van der Waals surface area contributed by atoms with Crippen LogP contribution in [0.2, 0.25) is 0 Å². The van der Waals surface area contributed by atoms with Gasteiger partial charge in [0.05, 0.1) is 17.4 Å². The highest BCUT2D eigenvalue weighted by atomic mass is 16.3. The van der Waals surface area contributed by atoms with Gasteiger partial charge in [-0.25, -0.2) is 4.52 Å². The Morgan fingerprint density at radius 1 is 1.21 bits per heavy atom. The van der Waals surface area contributed by atoms with Crippen LogP contribution in [-0.2, 0) is 0 Å². The number of benzene rings is 1. The molecule has 3 rings (SSSR count). The van der Waals surface area contributed by atoms with Gasteiger partial charge < -0.3 is 10.4 Å². The second-order valence-electron chi connectivity index (χ2n) is 3.91. The molecule has 0 fully saturated rings. The van der Waals surface area contributed by atoms with Crippen LogP contribution in [0.1, 0.15) is 5.56 Å². The Hall–Kier alpha value is -3.07. The van der Waals surface area contributed by atoms with Gasteiger partial charge in [-0.2, -0.15) is 10.2 Å². The molecule has 0 aliphatic heterocycles. The summed E-state index contributed by atoms with van der Waals surface area (Å²) in [6, 6.07) is 12.4. The van der Waals surface area contributed by atoms with Gasteiger partial charge in [0.25, 0.3) is 0 Å². The fourth-order valence-electron chi connectivity index (χ4n) is 1.74. The lowest BCUT2D eigenvalue weighted by Crippen LogP contribution is -1.95. The molecule has 1 aromatic carbocycles. The van der Waals surface area contributed by atoms with E-state index in [1.54, 1.807) is 24.3 Å². The molecule has 0 amide bonds. The van der Waals surface area contributed by atoms with E-state index in [-0.39, 0.29) is 5.75 Å². The van der Waals surface area contributed by atoms with Gasteiger partial charge in [-0.05, 0) is 24.3 Å². The van der Waals surface area contributed by atoms with E-state index in [4.69, 9.17) is 5.26 Å². The van der Waals surface area contributed by atoms with Gasteiger partial charge in [-0.15, -0.1) is 5.10 Å². The molecule has 0 aliphatic rings. The minimum atomic E-state index is 0.112. The zero-order valence-corrected chi connectivity index (χ0v) is 9.78. The topological polar surface area (TPSA) is 86.2 Å². The molecular formula is C13H9N5O. The van der Waals surface area contributed by atoms with Crippen LogP contribution in [0.15, 0.2) is 42.6 Å². The molecule has 19 heavy (non-hydrogen) atoms. The monoisotopic (exact) mass is 251 g/mol. The van der Waals surface area contributed by atoms with Crippen LogP contribution in [0, 0.1) is 11.3 Å². The fourth-order valence-corrected chi connectivity index (χ4v) is 1.74. The molecule has 92 valence electrons. The van der Waals surface area contributed by atoms with E-state index in [0.29, 0.717) is 22.8 Å². The number of para-hydroxylation sites is 1. The summed E-state index contributed by atoms with van der Waals surface area (Å²) in [6.07, 6.45) is 1.46. The fraction of sp³-hybridized carbons (Fsp3) is 0. The van der Waals surface area contributed by atoms with Crippen molar-refractivity contribution >= 4 is 17.3 Å². The van der Waals surface area contributed by atoms with Crippen LogP contribution in [0.4, 0.5) is 11.6 Å². The van der Waals surface area contributed by atoms with E-state index in [9.17, 15) is 5.11 Å². The lowest BCUT2D eigenvalue weighted by atomic mass is 10.2. The molecule has 0 spiro atoms. The summed E-state index contributed by atoms with van der Waals surface area (Å²) in [7, 11) is 0. The maximum Gasteiger partial charge on any atom is 0.247 e. The summed E-state index contributed by atoms with van der Waals surface area (Å²) >= 11 is 0. The molecule has 2 heterocycles. The minimum Gasteiger partial charge on any atom is -0.506 e. The molecule has 2 aromatic heterocycles. The van der Waals surface area contributed by atoms with Crippen LogP contribution in [0.25, 0.3) is 5.65 Å². The van der Waals surface area contributed by atoms with Crippen LogP contribution in [-0.4, -0.2) is 19.7 Å². The smallest absolute Gasteiger partial charge is 0.247 e. The van der Waals surface area contributed by atoms with E-state index >= 15 is 0 Å². The van der Waals surface area contributed by atoms with Crippen molar-refractivity contribution in [2.24, 2.45) is 0 Å². The average molecular weight is 251 g/mol. The van der Waals surface area contributed by atoms with Gasteiger partial charge in [0.2, 0.25) is 5.95 Å². The number of nitriles is 1. The summed E-state index contributed by atoms with van der Waals surface area (Å²) in [5.41, 5.74) is 1.77. The largest absolute Gasteiger partial charge is 0.506 e. The molecule has 0 saturated carbocycles. The molecule has 0 aliphatic carbocycles. The maximum absolute atomic E-state index is 9.36. The zero-order valence-electron chi connectivity index (χ0n) is 9.78. The Morgan fingerprint density at radius 3 is 2.89 bits per heavy atom. The van der Waals surface area contributed by atoms with Gasteiger partial charge in [-0.1, -0.05) is 12.1 Å². The Morgan fingerprint density at radius 2 is 2.05 bits per heavy atom. The molecule has 6 nitrogen and oxygen atoms in total. The van der Waals surface area contributed by atoms with E-state index in [2.05, 4.69) is 21.5 Å². The Balaban J connectivity index is 1.99. The number of fused-ring (bicyclic) bond motifs is 1. The quantitative estimate of drug-likeness (QED) is 0.728. The second kappa shape index (κ2) is 4.31. The second-order valence-corrected chi connectivity index (χ2v) is 3.91. The van der Waals surface area contributed by atoms with Gasteiger partial charge in [-0.3, -0.25) is 0 Å². The Bertz CT molecular complexity index is 787. The summed E-state index contributed by atoms with van der Waals surface area (Å²) in [5.74, 6) is 0.481. The number of hydrogen-bond donors (Lipinski definition) is 2. The lowest BCUT2D eigenvalue weighted by molar-refractivity contribution is 0.470. The van der Waals surface area contributed by atoms with Gasteiger partial charge in [0, 0.05) is 0 Å². The third-order valence-corrected chi connectivity index (χ3v) is 2.61. The number of pyridine rings is 1. The Labute approximate surface area is 108 Å². The van der Waals surface area contributed by atoms with Crippen molar-refractivity contribution in [2.45, 2.75) is 0 Å². The van der Waals surface area contributed by atoms with E-state index in [1.807, 2.05) is 6.07 Å². The first kappa shape index (κ1) is 11.0. The van der Waals surface area contributed by atoms with Crippen molar-refractivity contribution in [3.8, 4) is 11.8 Å². The maximum atomic E-state index is 9.36. The number of anilines is 2. The van der Waals surface area contributed by atoms with Crippen molar-refractivity contribution in [1.82, 2.24) is 14.6 Å². The molecule has 0 unspecified atom stereocenters. The Kier molecular flexibility index (Phi) is 2.50. The summed E-state index contributed by atoms with van der Waals surface area (Å²) in [5, 5.41) is 25.5. The van der Waals surface area contributed by atoms with Crippen LogP contribution in [0.3, 0.4) is 0 Å². The predicted molar refractivity (Wildman–Crippen MR) is 69.1 cm³/mol. The van der Waals surface area contributed by atoms with E-state index < -0.39 is 0 Å². The molecule has 6 heteroatoms. The number of aromatic hydroxyl groups is 1. The molecule has 2 N–H and O–H groups in total. The van der Waals surface area contributed by atoms with Crippen molar-refractivity contribution in [1.29, 1.82) is 5.26 Å². The molecule has 0 radical (unpaired) electrons. The highest BCUT2D eigenvalue weighted by Crippen LogP contribution is 2.19. The molecule has 0 saturated heterocycles. The minimum absolute atomic E-state index is 0.112. The van der Waals surface area contributed by atoms with Gasteiger partial charge in [0.15, 0.2) is 5.65 Å². The average Bonchev–Trinajstić information content (AvgIpc) is 2.80. The zero-order chi connectivity index (χ0) is 13.2. The van der Waals surface area contributed by atoms with Crippen molar-refractivity contribution in [2.75, 3.05) is 5.32 Å². The number of hydrogen-bond acceptors (Lipinski definition) is 5. The standard InChI is InChI=1S/C13H9N5O/c14-7-9-3-1-2-4-11(9)15-13-16-12-6-5-10(19)8-18(12)17-13/h1-6,8,19H,(H,15,17). The van der Waals surface area contributed by atoms with E-state index in [0.717, 1.165) is 0 Å². The number of nitrogens with one attached hydrogen (secondary N) is 1. The van der Waals surface area contributed by atoms with Crippen LogP contribution in [0.5, 0.6) is 5.75 Å². The number of aromatic nitrogens is 3. The van der Waals surface area contributed by atoms with Gasteiger partial charge in [0.1, 0.15) is 11.8 Å². The normalized spacial score (nSPS) is 10.3. The molecule has 0 atom stereocenters. The summed E-state index contributed by atoms with van der Waals surface area (Å²) < 4.78 is 1.46.